The average Bonchev–Trinajstić information content (AvgIpc) is 2.87. The fraction of sp³-hybridized carbons (Fsp3) is 0. The molecule has 0 radical (unpaired) electrons. The molecule has 0 fully saturated rings. The van der Waals surface area contributed by atoms with Crippen molar-refractivity contribution in [3.8, 4) is 17.1 Å². The minimum absolute atomic E-state index is 0.435. The molecule has 6 nitrogen and oxygen atoms in total. The number of aromatic nitrogens is 4. The Labute approximate surface area is 130 Å². The molecule has 106 valence electrons. The minimum Gasteiger partial charge on any atom is -0.399 e. The number of nitrogens with two attached hydrogens (primary N) is 2. The fourth-order valence-corrected chi connectivity index (χ4v) is 2.44. The Balaban J connectivity index is 2.17. The lowest BCUT2D eigenvalue weighted by Crippen LogP contribution is -2.03. The highest BCUT2D eigenvalue weighted by Crippen LogP contribution is 2.30. The van der Waals surface area contributed by atoms with Crippen molar-refractivity contribution in [2.45, 2.75) is 0 Å². The lowest BCUT2D eigenvalue weighted by atomic mass is 10.1. The van der Waals surface area contributed by atoms with E-state index in [0.29, 0.717) is 38.5 Å². The molecule has 0 bridgehead atoms. The van der Waals surface area contributed by atoms with Crippen LogP contribution in [0, 0.1) is 0 Å². The van der Waals surface area contributed by atoms with Gasteiger partial charge < -0.3 is 11.5 Å². The van der Waals surface area contributed by atoms with Crippen LogP contribution in [0.4, 0.5) is 11.4 Å². The summed E-state index contributed by atoms with van der Waals surface area (Å²) in [7, 11) is 0. The molecular formula is C13H10Cl2N6. The lowest BCUT2D eigenvalue weighted by molar-refractivity contribution is 0.791. The highest BCUT2D eigenvalue weighted by molar-refractivity contribution is 6.35. The zero-order valence-corrected chi connectivity index (χ0v) is 12.2. The third kappa shape index (κ3) is 2.51. The first-order chi connectivity index (χ1) is 10.1. The zero-order valence-electron chi connectivity index (χ0n) is 10.7. The molecule has 3 rings (SSSR count). The van der Waals surface area contributed by atoms with Crippen molar-refractivity contribution in [3.05, 3.63) is 46.4 Å². The molecule has 21 heavy (non-hydrogen) atoms. The van der Waals surface area contributed by atoms with Crippen LogP contribution in [0.3, 0.4) is 0 Å². The van der Waals surface area contributed by atoms with Gasteiger partial charge in [0.15, 0.2) is 5.82 Å². The van der Waals surface area contributed by atoms with Crippen LogP contribution in [0.15, 0.2) is 36.4 Å². The van der Waals surface area contributed by atoms with E-state index in [-0.39, 0.29) is 0 Å². The standard InChI is InChI=1S/C13H10Cl2N6/c14-7-1-4-12(10(15)5-7)21-13(18-19-20-21)9-3-2-8(16)6-11(9)17/h1-6H,16-17H2. The topological polar surface area (TPSA) is 95.6 Å². The molecule has 4 N–H and O–H groups in total. The van der Waals surface area contributed by atoms with Crippen molar-refractivity contribution < 1.29 is 0 Å². The van der Waals surface area contributed by atoms with E-state index in [0.717, 1.165) is 0 Å². The monoisotopic (exact) mass is 320 g/mol. The summed E-state index contributed by atoms with van der Waals surface area (Å²) < 4.78 is 1.50. The first kappa shape index (κ1) is 13.7. The molecule has 0 aliphatic heterocycles. The molecule has 0 amide bonds. The average molecular weight is 321 g/mol. The van der Waals surface area contributed by atoms with Crippen LogP contribution in [-0.2, 0) is 0 Å². The normalized spacial score (nSPS) is 10.8. The molecule has 0 spiro atoms. The summed E-state index contributed by atoms with van der Waals surface area (Å²) in [5.74, 6) is 0.469. The number of nitrogen functional groups attached to an aromatic ring is 2. The second-order valence-corrected chi connectivity index (χ2v) is 5.20. The molecule has 0 saturated heterocycles. The largest absolute Gasteiger partial charge is 0.399 e. The van der Waals surface area contributed by atoms with Gasteiger partial charge >= 0.3 is 0 Å². The number of rotatable bonds is 2. The second kappa shape index (κ2) is 5.23. The van der Waals surface area contributed by atoms with Crippen molar-refractivity contribution in [2.24, 2.45) is 0 Å². The molecule has 1 heterocycles. The highest BCUT2D eigenvalue weighted by atomic mass is 35.5. The van der Waals surface area contributed by atoms with Crippen molar-refractivity contribution in [3.63, 3.8) is 0 Å². The molecule has 1 aromatic heterocycles. The van der Waals surface area contributed by atoms with Crippen LogP contribution in [0.5, 0.6) is 0 Å². The first-order valence-electron chi connectivity index (χ1n) is 5.95. The Kier molecular flexibility index (Phi) is 3.40. The van der Waals surface area contributed by atoms with E-state index >= 15 is 0 Å². The lowest BCUT2D eigenvalue weighted by Gasteiger charge is -2.09. The maximum atomic E-state index is 6.19. The van der Waals surface area contributed by atoms with E-state index in [1.807, 2.05) is 0 Å². The van der Waals surface area contributed by atoms with Crippen LogP contribution in [-0.4, -0.2) is 20.2 Å². The van der Waals surface area contributed by atoms with Crippen molar-refractivity contribution >= 4 is 34.6 Å². The van der Waals surface area contributed by atoms with Gasteiger partial charge in [0.25, 0.3) is 0 Å². The van der Waals surface area contributed by atoms with Gasteiger partial charge in [-0.3, -0.25) is 0 Å². The summed E-state index contributed by atoms with van der Waals surface area (Å²) in [6.07, 6.45) is 0. The number of tetrazole rings is 1. The number of nitrogens with zero attached hydrogens (tertiary/aromatic N) is 4. The Bertz CT molecular complexity index is 748. The van der Waals surface area contributed by atoms with Crippen LogP contribution in [0.2, 0.25) is 10.0 Å². The van der Waals surface area contributed by atoms with Gasteiger partial charge in [-0.1, -0.05) is 23.2 Å². The zero-order chi connectivity index (χ0) is 15.0. The van der Waals surface area contributed by atoms with Crippen LogP contribution >= 0.6 is 23.2 Å². The Morgan fingerprint density at radius 2 is 1.81 bits per heavy atom. The first-order valence-corrected chi connectivity index (χ1v) is 6.71. The predicted octanol–water partition coefficient (Wildman–Crippen LogP) is 2.80. The maximum absolute atomic E-state index is 6.19. The Hall–Kier alpha value is -2.31. The van der Waals surface area contributed by atoms with Crippen molar-refractivity contribution in [2.75, 3.05) is 11.5 Å². The molecule has 8 heteroatoms. The van der Waals surface area contributed by atoms with E-state index in [9.17, 15) is 0 Å². The molecule has 0 atom stereocenters. The highest BCUT2D eigenvalue weighted by Gasteiger charge is 2.15. The number of hydrogen-bond donors (Lipinski definition) is 2. The van der Waals surface area contributed by atoms with Crippen LogP contribution in [0.1, 0.15) is 0 Å². The Morgan fingerprint density at radius 3 is 2.52 bits per heavy atom. The number of benzene rings is 2. The quantitative estimate of drug-likeness (QED) is 0.708. The summed E-state index contributed by atoms with van der Waals surface area (Å²) in [6, 6.07) is 10.2. The van der Waals surface area contributed by atoms with Gasteiger partial charge in [0.2, 0.25) is 0 Å². The van der Waals surface area contributed by atoms with Gasteiger partial charge in [0.1, 0.15) is 0 Å². The second-order valence-electron chi connectivity index (χ2n) is 4.36. The number of halogens is 2. The summed E-state index contributed by atoms with van der Waals surface area (Å²) in [6.45, 7) is 0. The Morgan fingerprint density at radius 1 is 1.00 bits per heavy atom. The molecule has 0 aliphatic rings. The molecular weight excluding hydrogens is 311 g/mol. The predicted molar refractivity (Wildman–Crippen MR) is 83.4 cm³/mol. The van der Waals surface area contributed by atoms with Gasteiger partial charge in [-0.05, 0) is 46.8 Å². The SMILES string of the molecule is Nc1ccc(-c2nnnn2-c2ccc(Cl)cc2Cl)c(N)c1. The summed E-state index contributed by atoms with van der Waals surface area (Å²) in [5.41, 5.74) is 14.0. The molecule has 3 aromatic rings. The number of hydrogen-bond acceptors (Lipinski definition) is 5. The molecule has 0 aliphatic carbocycles. The summed E-state index contributed by atoms with van der Waals surface area (Å²) in [5, 5.41) is 12.6. The molecule has 0 unspecified atom stereocenters. The third-order valence-electron chi connectivity index (χ3n) is 2.92. The van der Waals surface area contributed by atoms with Gasteiger partial charge in [-0.2, -0.15) is 4.68 Å². The van der Waals surface area contributed by atoms with E-state index in [2.05, 4.69) is 15.5 Å². The summed E-state index contributed by atoms with van der Waals surface area (Å²) in [4.78, 5) is 0. The number of anilines is 2. The van der Waals surface area contributed by atoms with Gasteiger partial charge in [-0.15, -0.1) is 5.10 Å². The van der Waals surface area contributed by atoms with Gasteiger partial charge in [0.05, 0.1) is 10.7 Å². The smallest absolute Gasteiger partial charge is 0.189 e. The minimum atomic E-state index is 0.435. The van der Waals surface area contributed by atoms with E-state index in [1.165, 1.54) is 4.68 Å². The van der Waals surface area contributed by atoms with Crippen molar-refractivity contribution in [1.82, 2.24) is 20.2 Å². The van der Waals surface area contributed by atoms with E-state index < -0.39 is 0 Å². The molecule has 0 saturated carbocycles. The van der Waals surface area contributed by atoms with Crippen LogP contribution < -0.4 is 11.5 Å². The van der Waals surface area contributed by atoms with Gasteiger partial charge in [0, 0.05) is 22.0 Å². The van der Waals surface area contributed by atoms with E-state index in [1.54, 1.807) is 36.4 Å². The maximum Gasteiger partial charge on any atom is 0.189 e. The van der Waals surface area contributed by atoms with Crippen LogP contribution in [0.25, 0.3) is 17.1 Å². The van der Waals surface area contributed by atoms with E-state index in [4.69, 9.17) is 34.7 Å². The van der Waals surface area contributed by atoms with Crippen molar-refractivity contribution in [1.29, 1.82) is 0 Å². The molecule has 2 aromatic carbocycles. The van der Waals surface area contributed by atoms with Gasteiger partial charge in [-0.25, -0.2) is 0 Å². The fourth-order valence-electron chi connectivity index (χ4n) is 1.96. The summed E-state index contributed by atoms with van der Waals surface area (Å²) >= 11 is 12.1. The third-order valence-corrected chi connectivity index (χ3v) is 3.46.